The second-order valence-electron chi connectivity index (χ2n) is 6.24. The average Bonchev–Trinajstić information content (AvgIpc) is 2.90. The zero-order chi connectivity index (χ0) is 15.1. The third-order valence-corrected chi connectivity index (χ3v) is 4.67. The third kappa shape index (κ3) is 4.47. The highest BCUT2D eigenvalue weighted by molar-refractivity contribution is 5.40. The predicted octanol–water partition coefficient (Wildman–Crippen LogP) is 4.88. The van der Waals surface area contributed by atoms with Gasteiger partial charge < -0.3 is 10.1 Å². The normalized spacial score (nSPS) is 18.5. The number of ether oxygens (including phenoxy) is 1. The molecule has 0 aromatic heterocycles. The molecule has 1 N–H and O–H groups in total. The van der Waals surface area contributed by atoms with Crippen LogP contribution in [0.25, 0.3) is 0 Å². The molecular formula is C19H31NO. The maximum atomic E-state index is 6.06. The second kappa shape index (κ2) is 8.43. The number of benzene rings is 1. The molecular weight excluding hydrogens is 258 g/mol. The van der Waals surface area contributed by atoms with Crippen LogP contribution < -0.4 is 10.1 Å². The minimum atomic E-state index is 0.548. The van der Waals surface area contributed by atoms with Crippen molar-refractivity contribution < 1.29 is 4.74 Å². The van der Waals surface area contributed by atoms with Gasteiger partial charge in [0.2, 0.25) is 0 Å². The predicted molar refractivity (Wildman–Crippen MR) is 90.0 cm³/mol. The van der Waals surface area contributed by atoms with Crippen molar-refractivity contribution in [2.24, 2.45) is 5.92 Å². The Morgan fingerprint density at radius 1 is 1.29 bits per heavy atom. The summed E-state index contributed by atoms with van der Waals surface area (Å²) in [6, 6.07) is 7.23. The van der Waals surface area contributed by atoms with E-state index in [1.165, 1.54) is 49.7 Å². The van der Waals surface area contributed by atoms with E-state index in [0.29, 0.717) is 12.0 Å². The molecule has 0 fully saturated rings. The highest BCUT2D eigenvalue weighted by Gasteiger charge is 2.21. The molecule has 0 radical (unpaired) electrons. The molecule has 2 atom stereocenters. The molecule has 2 unspecified atom stereocenters. The summed E-state index contributed by atoms with van der Waals surface area (Å²) in [4.78, 5) is 0. The van der Waals surface area contributed by atoms with E-state index < -0.39 is 0 Å². The van der Waals surface area contributed by atoms with Crippen molar-refractivity contribution in [3.8, 4) is 5.75 Å². The standard InChI is InChI=1S/C19H31NO/c1-4-7-8-15(5-2)14-21-17-10-11-18-16(13-17)9-12-19(18)20-6-3/h10-11,13,15,19-20H,4-9,12,14H2,1-3H3. The monoisotopic (exact) mass is 289 g/mol. The lowest BCUT2D eigenvalue weighted by molar-refractivity contribution is 0.233. The molecule has 1 aliphatic carbocycles. The Morgan fingerprint density at radius 3 is 2.86 bits per heavy atom. The maximum Gasteiger partial charge on any atom is 0.119 e. The summed E-state index contributed by atoms with van der Waals surface area (Å²) in [7, 11) is 0. The number of unbranched alkanes of at least 4 members (excludes halogenated alkanes) is 1. The van der Waals surface area contributed by atoms with Crippen LogP contribution in [-0.2, 0) is 6.42 Å². The first-order chi connectivity index (χ1) is 10.3. The van der Waals surface area contributed by atoms with Crippen LogP contribution in [0.1, 0.15) is 70.0 Å². The minimum Gasteiger partial charge on any atom is -0.493 e. The van der Waals surface area contributed by atoms with Crippen LogP contribution in [0, 0.1) is 5.92 Å². The van der Waals surface area contributed by atoms with E-state index in [-0.39, 0.29) is 0 Å². The fraction of sp³-hybridized carbons (Fsp3) is 0.684. The molecule has 1 aromatic carbocycles. The average molecular weight is 289 g/mol. The Hall–Kier alpha value is -1.02. The molecule has 1 aliphatic rings. The molecule has 118 valence electrons. The van der Waals surface area contributed by atoms with E-state index in [4.69, 9.17) is 4.74 Å². The first-order valence-electron chi connectivity index (χ1n) is 8.77. The molecule has 0 heterocycles. The fourth-order valence-electron chi connectivity index (χ4n) is 3.25. The first kappa shape index (κ1) is 16.4. The summed E-state index contributed by atoms with van der Waals surface area (Å²) < 4.78 is 6.06. The molecule has 2 nitrogen and oxygen atoms in total. The molecule has 2 heteroatoms. The lowest BCUT2D eigenvalue weighted by Crippen LogP contribution is -2.18. The summed E-state index contributed by atoms with van der Waals surface area (Å²) in [6.07, 6.45) is 7.50. The number of nitrogens with one attached hydrogen (secondary N) is 1. The van der Waals surface area contributed by atoms with Gasteiger partial charge in [-0.2, -0.15) is 0 Å². The van der Waals surface area contributed by atoms with Crippen molar-refractivity contribution in [1.82, 2.24) is 5.32 Å². The third-order valence-electron chi connectivity index (χ3n) is 4.67. The number of rotatable bonds is 9. The quantitative estimate of drug-likeness (QED) is 0.699. The first-order valence-corrected chi connectivity index (χ1v) is 8.77. The van der Waals surface area contributed by atoms with Crippen molar-refractivity contribution in [2.45, 2.75) is 65.3 Å². The van der Waals surface area contributed by atoms with Crippen LogP contribution in [0.5, 0.6) is 5.75 Å². The molecule has 1 aromatic rings. The zero-order valence-electron chi connectivity index (χ0n) is 14.0. The summed E-state index contributed by atoms with van der Waals surface area (Å²) >= 11 is 0. The van der Waals surface area contributed by atoms with Gasteiger partial charge >= 0.3 is 0 Å². The van der Waals surface area contributed by atoms with E-state index in [9.17, 15) is 0 Å². The van der Waals surface area contributed by atoms with Gasteiger partial charge in [-0.25, -0.2) is 0 Å². The summed E-state index contributed by atoms with van der Waals surface area (Å²) in [5, 5.41) is 3.56. The summed E-state index contributed by atoms with van der Waals surface area (Å²) in [5.41, 5.74) is 2.95. The van der Waals surface area contributed by atoms with Gasteiger partial charge in [-0.15, -0.1) is 0 Å². The highest BCUT2D eigenvalue weighted by atomic mass is 16.5. The largest absolute Gasteiger partial charge is 0.493 e. The molecule has 2 rings (SSSR count). The Labute approximate surface area is 130 Å². The molecule has 0 amide bonds. The zero-order valence-corrected chi connectivity index (χ0v) is 14.0. The Kier molecular flexibility index (Phi) is 6.56. The number of hydrogen-bond acceptors (Lipinski definition) is 2. The van der Waals surface area contributed by atoms with Crippen LogP contribution >= 0.6 is 0 Å². The molecule has 0 aliphatic heterocycles. The smallest absolute Gasteiger partial charge is 0.119 e. The lowest BCUT2D eigenvalue weighted by atomic mass is 10.0. The fourth-order valence-corrected chi connectivity index (χ4v) is 3.25. The minimum absolute atomic E-state index is 0.548. The Bertz CT molecular complexity index is 430. The molecule has 0 saturated heterocycles. The number of fused-ring (bicyclic) bond motifs is 1. The van der Waals surface area contributed by atoms with E-state index in [2.05, 4.69) is 44.3 Å². The SMILES string of the molecule is CCCCC(CC)COc1ccc2c(c1)CCC2NCC. The van der Waals surface area contributed by atoms with E-state index in [1.54, 1.807) is 0 Å². The Morgan fingerprint density at radius 2 is 2.14 bits per heavy atom. The van der Waals surface area contributed by atoms with Gasteiger partial charge in [-0.1, -0.05) is 46.1 Å². The van der Waals surface area contributed by atoms with Crippen molar-refractivity contribution in [3.63, 3.8) is 0 Å². The number of hydrogen-bond donors (Lipinski definition) is 1. The van der Waals surface area contributed by atoms with Crippen LogP contribution in [0.2, 0.25) is 0 Å². The van der Waals surface area contributed by atoms with Crippen LogP contribution in [0.15, 0.2) is 18.2 Å². The topological polar surface area (TPSA) is 21.3 Å². The number of aryl methyl sites for hydroxylation is 1. The van der Waals surface area contributed by atoms with Crippen molar-refractivity contribution >= 4 is 0 Å². The Balaban J connectivity index is 1.90. The second-order valence-corrected chi connectivity index (χ2v) is 6.24. The maximum absolute atomic E-state index is 6.06. The van der Waals surface area contributed by atoms with Gasteiger partial charge in [0.25, 0.3) is 0 Å². The van der Waals surface area contributed by atoms with Crippen molar-refractivity contribution in [3.05, 3.63) is 29.3 Å². The molecule has 21 heavy (non-hydrogen) atoms. The van der Waals surface area contributed by atoms with Gasteiger partial charge in [0, 0.05) is 6.04 Å². The van der Waals surface area contributed by atoms with Crippen LogP contribution in [0.3, 0.4) is 0 Å². The van der Waals surface area contributed by atoms with E-state index >= 15 is 0 Å². The van der Waals surface area contributed by atoms with Gasteiger partial charge in [0.1, 0.15) is 5.75 Å². The van der Waals surface area contributed by atoms with Gasteiger partial charge in [-0.05, 0) is 55.0 Å². The van der Waals surface area contributed by atoms with Gasteiger partial charge in [0.05, 0.1) is 6.61 Å². The summed E-state index contributed by atoms with van der Waals surface area (Å²) in [6.45, 7) is 8.61. The molecule has 0 saturated carbocycles. The van der Waals surface area contributed by atoms with Crippen LogP contribution in [0.4, 0.5) is 0 Å². The van der Waals surface area contributed by atoms with Crippen molar-refractivity contribution in [2.75, 3.05) is 13.2 Å². The molecule has 0 spiro atoms. The van der Waals surface area contributed by atoms with Gasteiger partial charge in [-0.3, -0.25) is 0 Å². The van der Waals surface area contributed by atoms with E-state index in [0.717, 1.165) is 18.9 Å². The summed E-state index contributed by atoms with van der Waals surface area (Å²) in [5.74, 6) is 1.76. The highest BCUT2D eigenvalue weighted by Crippen LogP contribution is 2.33. The van der Waals surface area contributed by atoms with Crippen LogP contribution in [-0.4, -0.2) is 13.2 Å². The molecule has 0 bridgehead atoms. The lowest BCUT2D eigenvalue weighted by Gasteiger charge is -2.17. The van der Waals surface area contributed by atoms with Gasteiger partial charge in [0.15, 0.2) is 0 Å². The van der Waals surface area contributed by atoms with Crippen molar-refractivity contribution in [1.29, 1.82) is 0 Å². The van der Waals surface area contributed by atoms with E-state index in [1.807, 2.05) is 0 Å².